The van der Waals surface area contributed by atoms with Crippen LogP contribution in [-0.2, 0) is 4.79 Å². The van der Waals surface area contributed by atoms with E-state index in [2.05, 4.69) is 0 Å². The molecule has 1 rings (SSSR count). The summed E-state index contributed by atoms with van der Waals surface area (Å²) >= 11 is 6.55. The fraction of sp³-hybridized carbons (Fsp3) is 0.125. The second-order valence-electron chi connectivity index (χ2n) is 2.24. The number of rotatable bonds is 3. The molecule has 0 amide bonds. The van der Waals surface area contributed by atoms with Gasteiger partial charge in [0, 0.05) is 4.90 Å². The molecule has 0 radical (unpaired) electrons. The van der Waals surface area contributed by atoms with Gasteiger partial charge in [0.2, 0.25) is 5.44 Å². The van der Waals surface area contributed by atoms with Gasteiger partial charge in [-0.1, -0.05) is 35.5 Å². The molecule has 0 saturated heterocycles. The highest BCUT2D eigenvalue weighted by Crippen LogP contribution is 2.28. The van der Waals surface area contributed by atoms with E-state index in [1.54, 1.807) is 24.3 Å². The van der Waals surface area contributed by atoms with Gasteiger partial charge in [-0.3, -0.25) is 0 Å². The zero-order valence-electron chi connectivity index (χ0n) is 6.48. The molecule has 1 atom stereocenters. The molecule has 2 N–H and O–H groups in total. The molecule has 13 heavy (non-hydrogen) atoms. The third-order valence-electron chi connectivity index (χ3n) is 1.29. The summed E-state index contributed by atoms with van der Waals surface area (Å²) in [4.78, 5) is 10.9. The van der Waals surface area contributed by atoms with Crippen molar-refractivity contribution >= 4 is 29.3 Å². The first-order valence-corrected chi connectivity index (χ1v) is 4.69. The number of carbonyl (C=O) groups is 1. The van der Waals surface area contributed by atoms with E-state index in [-0.39, 0.29) is 0 Å². The van der Waals surface area contributed by atoms with E-state index in [1.807, 2.05) is 0 Å². The molecule has 5 heteroatoms. The quantitative estimate of drug-likeness (QED) is 0.601. The lowest BCUT2D eigenvalue weighted by Crippen LogP contribution is -2.14. The van der Waals surface area contributed by atoms with Gasteiger partial charge < -0.3 is 10.2 Å². The van der Waals surface area contributed by atoms with E-state index in [1.165, 1.54) is 0 Å². The molecule has 0 fully saturated rings. The van der Waals surface area contributed by atoms with Crippen molar-refractivity contribution < 1.29 is 15.0 Å². The number of thioether (sulfide) groups is 1. The Morgan fingerprint density at radius 3 is 2.62 bits per heavy atom. The lowest BCUT2D eigenvalue weighted by molar-refractivity contribution is -0.141. The number of carboxylic acid groups (broad SMARTS) is 1. The Morgan fingerprint density at radius 1 is 1.46 bits per heavy atom. The summed E-state index contributed by atoms with van der Waals surface area (Å²) in [5.74, 6) is -1.27. The highest BCUT2D eigenvalue weighted by molar-refractivity contribution is 8.00. The van der Waals surface area contributed by atoms with Gasteiger partial charge in [-0.05, 0) is 12.1 Å². The van der Waals surface area contributed by atoms with Crippen LogP contribution in [0.2, 0.25) is 5.02 Å². The summed E-state index contributed by atoms with van der Waals surface area (Å²) in [6.45, 7) is 0. The van der Waals surface area contributed by atoms with Gasteiger partial charge in [0.25, 0.3) is 0 Å². The third-order valence-corrected chi connectivity index (χ3v) is 2.76. The normalized spacial score (nSPS) is 12.5. The minimum Gasteiger partial charge on any atom is -0.479 e. The van der Waals surface area contributed by atoms with Crippen molar-refractivity contribution in [2.45, 2.75) is 10.3 Å². The Balaban J connectivity index is 2.74. The molecule has 1 aromatic rings. The lowest BCUT2D eigenvalue weighted by Gasteiger charge is -2.05. The third kappa shape index (κ3) is 2.91. The lowest BCUT2D eigenvalue weighted by atomic mass is 10.4. The zero-order chi connectivity index (χ0) is 9.84. The Bertz CT molecular complexity index is 316. The van der Waals surface area contributed by atoms with Gasteiger partial charge >= 0.3 is 5.97 Å². The standard InChI is InChI=1S/C8H7ClO3S/c9-5-3-1-2-4-6(5)13-8(12)7(10)11/h1-4,8,12H,(H,10,11). The number of aliphatic hydroxyl groups is 1. The molecule has 1 aromatic carbocycles. The number of aliphatic hydroxyl groups excluding tert-OH is 1. The molecule has 3 nitrogen and oxygen atoms in total. The van der Waals surface area contributed by atoms with Gasteiger partial charge in [0.1, 0.15) is 0 Å². The van der Waals surface area contributed by atoms with Crippen molar-refractivity contribution in [1.29, 1.82) is 0 Å². The second-order valence-corrected chi connectivity index (χ2v) is 3.77. The van der Waals surface area contributed by atoms with Gasteiger partial charge in [-0.15, -0.1) is 0 Å². The van der Waals surface area contributed by atoms with E-state index < -0.39 is 11.4 Å². The molecule has 0 aliphatic rings. The molecule has 0 spiro atoms. The molecule has 0 saturated carbocycles. The van der Waals surface area contributed by atoms with Crippen LogP contribution >= 0.6 is 23.4 Å². The fourth-order valence-electron chi connectivity index (χ4n) is 0.711. The van der Waals surface area contributed by atoms with E-state index in [4.69, 9.17) is 21.8 Å². The summed E-state index contributed by atoms with van der Waals surface area (Å²) in [5.41, 5.74) is -1.47. The van der Waals surface area contributed by atoms with Crippen molar-refractivity contribution in [2.75, 3.05) is 0 Å². The number of hydrogen-bond donors (Lipinski definition) is 2. The maximum absolute atomic E-state index is 10.3. The van der Waals surface area contributed by atoms with Crippen molar-refractivity contribution in [1.82, 2.24) is 0 Å². The average molecular weight is 219 g/mol. The molecule has 0 aromatic heterocycles. The van der Waals surface area contributed by atoms with E-state index in [9.17, 15) is 4.79 Å². The molecular formula is C8H7ClO3S. The zero-order valence-corrected chi connectivity index (χ0v) is 8.05. The van der Waals surface area contributed by atoms with Crippen LogP contribution < -0.4 is 0 Å². The highest BCUT2D eigenvalue weighted by atomic mass is 35.5. The van der Waals surface area contributed by atoms with E-state index in [0.29, 0.717) is 9.92 Å². The highest BCUT2D eigenvalue weighted by Gasteiger charge is 2.15. The minimum atomic E-state index is -1.47. The molecular weight excluding hydrogens is 212 g/mol. The number of benzene rings is 1. The first-order chi connectivity index (χ1) is 6.11. The van der Waals surface area contributed by atoms with Crippen LogP contribution in [0.15, 0.2) is 29.2 Å². The summed E-state index contributed by atoms with van der Waals surface area (Å²) < 4.78 is 0. The Labute approximate surface area is 84.3 Å². The molecule has 0 aliphatic heterocycles. The van der Waals surface area contributed by atoms with Crippen LogP contribution in [0.25, 0.3) is 0 Å². The largest absolute Gasteiger partial charge is 0.479 e. The maximum Gasteiger partial charge on any atom is 0.343 e. The van der Waals surface area contributed by atoms with E-state index >= 15 is 0 Å². The average Bonchev–Trinajstić information content (AvgIpc) is 2.08. The topological polar surface area (TPSA) is 57.5 Å². The number of aliphatic carboxylic acids is 1. The van der Waals surface area contributed by atoms with Crippen molar-refractivity contribution in [3.63, 3.8) is 0 Å². The fourth-order valence-corrected chi connectivity index (χ4v) is 1.66. The molecule has 0 aliphatic carbocycles. The predicted octanol–water partition coefficient (Wildman–Crippen LogP) is 1.84. The van der Waals surface area contributed by atoms with Crippen LogP contribution in [0.5, 0.6) is 0 Å². The summed E-state index contributed by atoms with van der Waals surface area (Å²) in [6.07, 6.45) is 0. The van der Waals surface area contributed by atoms with Crippen molar-refractivity contribution in [2.24, 2.45) is 0 Å². The minimum absolute atomic E-state index is 0.438. The Kier molecular flexibility index (Phi) is 3.59. The predicted molar refractivity (Wildman–Crippen MR) is 51.0 cm³/mol. The smallest absolute Gasteiger partial charge is 0.343 e. The molecule has 0 heterocycles. The number of hydrogen-bond acceptors (Lipinski definition) is 3. The first kappa shape index (κ1) is 10.4. The second kappa shape index (κ2) is 4.50. The van der Waals surface area contributed by atoms with Crippen molar-refractivity contribution in [3.8, 4) is 0 Å². The van der Waals surface area contributed by atoms with Gasteiger partial charge in [0.05, 0.1) is 5.02 Å². The van der Waals surface area contributed by atoms with Crippen LogP contribution in [0.3, 0.4) is 0 Å². The number of halogens is 1. The summed E-state index contributed by atoms with van der Waals surface area (Å²) in [5, 5.41) is 17.9. The first-order valence-electron chi connectivity index (χ1n) is 3.43. The van der Waals surface area contributed by atoms with Gasteiger partial charge in [-0.25, -0.2) is 4.79 Å². The van der Waals surface area contributed by atoms with Crippen LogP contribution in [0, 0.1) is 0 Å². The SMILES string of the molecule is O=C(O)C(O)Sc1ccccc1Cl. The Hall–Kier alpha value is -0.710. The summed E-state index contributed by atoms with van der Waals surface area (Å²) in [6, 6.07) is 6.75. The molecule has 1 unspecified atom stereocenters. The molecule has 0 bridgehead atoms. The maximum atomic E-state index is 10.3. The van der Waals surface area contributed by atoms with Crippen molar-refractivity contribution in [3.05, 3.63) is 29.3 Å². The van der Waals surface area contributed by atoms with Crippen LogP contribution in [0.4, 0.5) is 0 Å². The van der Waals surface area contributed by atoms with Crippen LogP contribution in [0.1, 0.15) is 0 Å². The molecule has 70 valence electrons. The number of carboxylic acids is 1. The van der Waals surface area contributed by atoms with Gasteiger partial charge in [-0.2, -0.15) is 0 Å². The monoisotopic (exact) mass is 218 g/mol. The Morgan fingerprint density at radius 2 is 2.08 bits per heavy atom. The van der Waals surface area contributed by atoms with E-state index in [0.717, 1.165) is 11.8 Å². The van der Waals surface area contributed by atoms with Gasteiger partial charge in [0.15, 0.2) is 0 Å². The summed E-state index contributed by atoms with van der Waals surface area (Å²) in [7, 11) is 0. The van der Waals surface area contributed by atoms with Crippen LogP contribution in [-0.4, -0.2) is 21.6 Å².